The first-order valence-electron chi connectivity index (χ1n) is 9.82. The minimum Gasteiger partial charge on any atom is -0.490 e. The van der Waals surface area contributed by atoms with Crippen molar-refractivity contribution >= 4 is 38.9 Å². The highest BCUT2D eigenvalue weighted by Gasteiger charge is 2.13. The van der Waals surface area contributed by atoms with Crippen molar-refractivity contribution < 1.29 is 14.3 Å². The second-order valence-corrected chi connectivity index (χ2v) is 7.78. The number of esters is 1. The molecule has 0 spiro atoms. The Morgan fingerprint density at radius 2 is 1.90 bits per heavy atom. The molecule has 3 aromatic carbocycles. The lowest BCUT2D eigenvalue weighted by Gasteiger charge is -2.11. The van der Waals surface area contributed by atoms with E-state index in [0.717, 1.165) is 21.3 Å². The highest BCUT2D eigenvalue weighted by molar-refractivity contribution is 7.22. The number of rotatable bonds is 7. The average molecular weight is 432 g/mol. The number of nitrogens with zero attached hydrogens (tertiary/aromatic N) is 2. The van der Waals surface area contributed by atoms with Crippen LogP contribution in [0.4, 0.5) is 5.13 Å². The predicted molar refractivity (Wildman–Crippen MR) is 125 cm³/mol. The number of aromatic nitrogens is 1. The van der Waals surface area contributed by atoms with Gasteiger partial charge in [0.15, 0.2) is 11.5 Å². The Morgan fingerprint density at radius 1 is 1.10 bits per heavy atom. The minimum absolute atomic E-state index is 0.365. The molecular formula is C24H21N3O3S. The largest absolute Gasteiger partial charge is 0.490 e. The highest BCUT2D eigenvalue weighted by Crippen LogP contribution is 2.29. The third kappa shape index (κ3) is 5.07. The van der Waals surface area contributed by atoms with Crippen LogP contribution in [0.3, 0.4) is 0 Å². The van der Waals surface area contributed by atoms with E-state index in [9.17, 15) is 4.79 Å². The number of aryl methyl sites for hydroxylation is 1. The van der Waals surface area contributed by atoms with Gasteiger partial charge in [-0.05, 0) is 61.9 Å². The number of thiazole rings is 1. The van der Waals surface area contributed by atoms with Gasteiger partial charge in [-0.15, -0.1) is 0 Å². The second kappa shape index (κ2) is 9.40. The number of hydrazone groups is 1. The van der Waals surface area contributed by atoms with Crippen LogP contribution in [-0.2, 0) is 0 Å². The zero-order chi connectivity index (χ0) is 21.6. The molecule has 0 atom stereocenters. The molecule has 4 rings (SSSR count). The van der Waals surface area contributed by atoms with Crippen LogP contribution < -0.4 is 14.9 Å². The number of ether oxygens (including phenoxy) is 2. The molecule has 0 amide bonds. The molecule has 0 saturated heterocycles. The van der Waals surface area contributed by atoms with E-state index in [1.54, 1.807) is 30.5 Å². The molecule has 31 heavy (non-hydrogen) atoms. The van der Waals surface area contributed by atoms with E-state index in [2.05, 4.69) is 15.5 Å². The van der Waals surface area contributed by atoms with Gasteiger partial charge in [-0.1, -0.05) is 41.2 Å². The first kappa shape index (κ1) is 20.6. The van der Waals surface area contributed by atoms with Crippen molar-refractivity contribution in [2.75, 3.05) is 12.0 Å². The number of fused-ring (bicyclic) bond motifs is 1. The molecule has 7 heteroatoms. The monoisotopic (exact) mass is 431 g/mol. The zero-order valence-electron chi connectivity index (χ0n) is 17.2. The van der Waals surface area contributed by atoms with Gasteiger partial charge >= 0.3 is 5.97 Å². The molecule has 0 fully saturated rings. The molecule has 0 bridgehead atoms. The summed E-state index contributed by atoms with van der Waals surface area (Å²) in [5.41, 5.74) is 6.25. The van der Waals surface area contributed by atoms with Crippen LogP contribution in [0.2, 0.25) is 0 Å². The molecule has 1 aromatic heterocycles. The quantitative estimate of drug-likeness (QED) is 0.177. The molecule has 156 valence electrons. The minimum atomic E-state index is -0.431. The van der Waals surface area contributed by atoms with Crippen LogP contribution in [0.15, 0.2) is 71.8 Å². The number of anilines is 1. The van der Waals surface area contributed by atoms with E-state index in [4.69, 9.17) is 9.47 Å². The summed E-state index contributed by atoms with van der Waals surface area (Å²) in [6.07, 6.45) is 1.67. The van der Waals surface area contributed by atoms with E-state index in [0.29, 0.717) is 28.8 Å². The number of para-hydroxylation sites is 1. The fourth-order valence-electron chi connectivity index (χ4n) is 2.89. The van der Waals surface area contributed by atoms with E-state index in [1.807, 2.05) is 56.3 Å². The summed E-state index contributed by atoms with van der Waals surface area (Å²) in [6.45, 7) is 4.29. The summed E-state index contributed by atoms with van der Waals surface area (Å²) in [5.74, 6) is 0.412. The number of carbonyl (C=O) groups excluding carboxylic acids is 1. The van der Waals surface area contributed by atoms with Crippen molar-refractivity contribution in [3.05, 3.63) is 83.4 Å². The van der Waals surface area contributed by atoms with Crippen LogP contribution in [0.5, 0.6) is 11.5 Å². The van der Waals surface area contributed by atoms with Crippen molar-refractivity contribution in [3.63, 3.8) is 0 Å². The van der Waals surface area contributed by atoms with Gasteiger partial charge in [0.05, 0.1) is 28.6 Å². The summed E-state index contributed by atoms with van der Waals surface area (Å²) >= 11 is 1.53. The lowest BCUT2D eigenvalue weighted by molar-refractivity contribution is 0.0728. The molecule has 0 aliphatic carbocycles. The normalized spacial score (nSPS) is 11.0. The molecule has 6 nitrogen and oxygen atoms in total. The summed E-state index contributed by atoms with van der Waals surface area (Å²) in [6, 6.07) is 20.5. The van der Waals surface area contributed by atoms with E-state index in [-0.39, 0.29) is 0 Å². The van der Waals surface area contributed by atoms with Crippen molar-refractivity contribution in [1.82, 2.24) is 4.98 Å². The topological polar surface area (TPSA) is 72.8 Å². The Hall–Kier alpha value is -3.71. The van der Waals surface area contributed by atoms with Gasteiger partial charge in [-0.3, -0.25) is 5.43 Å². The number of carbonyl (C=O) groups is 1. The molecule has 0 aliphatic rings. The highest BCUT2D eigenvalue weighted by atomic mass is 32.1. The fourth-order valence-corrected chi connectivity index (χ4v) is 3.70. The fraction of sp³-hybridized carbons (Fsp3) is 0.125. The Balaban J connectivity index is 1.47. The zero-order valence-corrected chi connectivity index (χ0v) is 18.0. The summed E-state index contributed by atoms with van der Waals surface area (Å²) < 4.78 is 12.3. The molecule has 0 saturated carbocycles. The lowest BCUT2D eigenvalue weighted by atomic mass is 10.1. The number of hydrogen-bond acceptors (Lipinski definition) is 7. The Bertz CT molecular complexity index is 1200. The van der Waals surface area contributed by atoms with Crippen molar-refractivity contribution in [1.29, 1.82) is 0 Å². The van der Waals surface area contributed by atoms with Crippen LogP contribution in [-0.4, -0.2) is 23.8 Å². The maximum Gasteiger partial charge on any atom is 0.343 e. The number of nitrogens with one attached hydrogen (secondary N) is 1. The van der Waals surface area contributed by atoms with E-state index in [1.165, 1.54) is 11.3 Å². The van der Waals surface area contributed by atoms with Crippen LogP contribution >= 0.6 is 11.3 Å². The van der Waals surface area contributed by atoms with Crippen LogP contribution in [0, 0.1) is 6.92 Å². The van der Waals surface area contributed by atoms with Gasteiger partial charge in [-0.2, -0.15) is 5.10 Å². The number of hydrogen-bond donors (Lipinski definition) is 1. The van der Waals surface area contributed by atoms with Gasteiger partial charge in [0.2, 0.25) is 5.13 Å². The third-order valence-electron chi connectivity index (χ3n) is 4.43. The molecule has 1 heterocycles. The summed E-state index contributed by atoms with van der Waals surface area (Å²) in [4.78, 5) is 16.9. The smallest absolute Gasteiger partial charge is 0.343 e. The van der Waals surface area contributed by atoms with Crippen molar-refractivity contribution in [2.24, 2.45) is 5.10 Å². The van der Waals surface area contributed by atoms with Crippen LogP contribution in [0.25, 0.3) is 10.2 Å². The average Bonchev–Trinajstić information content (AvgIpc) is 3.19. The molecule has 4 aromatic rings. The molecular weight excluding hydrogens is 410 g/mol. The maximum atomic E-state index is 12.4. The van der Waals surface area contributed by atoms with Crippen molar-refractivity contribution in [2.45, 2.75) is 13.8 Å². The van der Waals surface area contributed by atoms with E-state index >= 15 is 0 Å². The molecule has 0 aliphatic heterocycles. The van der Waals surface area contributed by atoms with Gasteiger partial charge in [0.1, 0.15) is 0 Å². The van der Waals surface area contributed by atoms with Gasteiger partial charge in [-0.25, -0.2) is 9.78 Å². The maximum absolute atomic E-state index is 12.4. The first-order chi connectivity index (χ1) is 15.1. The number of benzene rings is 3. The second-order valence-electron chi connectivity index (χ2n) is 6.75. The Kier molecular flexibility index (Phi) is 6.24. The Morgan fingerprint density at radius 3 is 2.68 bits per heavy atom. The van der Waals surface area contributed by atoms with Gasteiger partial charge < -0.3 is 9.47 Å². The van der Waals surface area contributed by atoms with Crippen molar-refractivity contribution in [3.8, 4) is 11.5 Å². The Labute approximate surface area is 184 Å². The van der Waals surface area contributed by atoms with E-state index < -0.39 is 5.97 Å². The third-order valence-corrected chi connectivity index (χ3v) is 5.37. The summed E-state index contributed by atoms with van der Waals surface area (Å²) in [7, 11) is 0. The molecule has 0 unspecified atom stereocenters. The standard InChI is InChI=1S/C24H21N3O3S/c1-3-29-21-14-17(15-25-27-24-26-19-6-4-5-7-22(19)31-24)10-13-20(21)30-23(28)18-11-8-16(2)9-12-18/h4-15H,3H2,1-2H3,(H,26,27)/b25-15-. The molecule has 1 N–H and O–H groups in total. The first-order valence-corrected chi connectivity index (χ1v) is 10.6. The SMILES string of the molecule is CCOc1cc(/C=N\Nc2nc3ccccc3s2)ccc1OC(=O)c1ccc(C)cc1. The van der Waals surface area contributed by atoms with Crippen LogP contribution in [0.1, 0.15) is 28.4 Å². The van der Waals surface area contributed by atoms with Gasteiger partial charge in [0, 0.05) is 0 Å². The predicted octanol–water partition coefficient (Wildman–Crippen LogP) is 5.67. The lowest BCUT2D eigenvalue weighted by Crippen LogP contribution is -2.09. The molecule has 0 radical (unpaired) electrons. The summed E-state index contributed by atoms with van der Waals surface area (Å²) in [5, 5.41) is 4.98. The van der Waals surface area contributed by atoms with Gasteiger partial charge in [0.25, 0.3) is 0 Å².